The smallest absolute Gasteiger partial charge is 0.343 e. The van der Waals surface area contributed by atoms with Gasteiger partial charge in [0.2, 0.25) is 0 Å². The molecular formula is C22H36O5. The van der Waals surface area contributed by atoms with Gasteiger partial charge in [0.05, 0.1) is 6.61 Å². The number of unbranched alkanes of at least 4 members (excludes halogenated alkanes) is 9. The van der Waals surface area contributed by atoms with E-state index in [1.54, 1.807) is 0 Å². The lowest BCUT2D eigenvalue weighted by Gasteiger charge is -2.16. The van der Waals surface area contributed by atoms with E-state index in [1.807, 2.05) is 0 Å². The molecule has 0 saturated heterocycles. The van der Waals surface area contributed by atoms with Gasteiger partial charge in [-0.3, -0.25) is 0 Å². The first-order valence-corrected chi connectivity index (χ1v) is 10.5. The zero-order chi connectivity index (χ0) is 20.1. The summed E-state index contributed by atoms with van der Waals surface area (Å²) >= 11 is 0. The number of ether oxygens (including phenoxy) is 1. The van der Waals surface area contributed by atoms with Crippen molar-refractivity contribution >= 4 is 5.97 Å². The van der Waals surface area contributed by atoms with Crippen LogP contribution in [0.1, 0.15) is 100 Å². The predicted octanol–water partition coefficient (Wildman–Crippen LogP) is 6.05. The van der Waals surface area contributed by atoms with Crippen LogP contribution in [-0.4, -0.2) is 27.9 Å². The molecule has 0 aromatic heterocycles. The summed E-state index contributed by atoms with van der Waals surface area (Å²) in [4.78, 5) is 11.6. The van der Waals surface area contributed by atoms with E-state index in [1.165, 1.54) is 31.7 Å². The number of phenols is 2. The highest BCUT2D eigenvalue weighted by molar-refractivity contribution is 5.95. The predicted molar refractivity (Wildman–Crippen MR) is 108 cm³/mol. The van der Waals surface area contributed by atoms with Crippen LogP contribution in [0, 0.1) is 0 Å². The molecule has 1 aromatic carbocycles. The fourth-order valence-corrected chi connectivity index (χ4v) is 3.22. The monoisotopic (exact) mass is 380 g/mol. The zero-order valence-corrected chi connectivity index (χ0v) is 16.9. The minimum Gasteiger partial charge on any atom is -0.504 e. The summed E-state index contributed by atoms with van der Waals surface area (Å²) in [6.45, 7) is 4.74. The number of aromatic hydroxyl groups is 2. The first-order valence-electron chi connectivity index (χ1n) is 10.5. The molecule has 0 radical (unpaired) electrons. The Morgan fingerprint density at radius 2 is 1.44 bits per heavy atom. The highest BCUT2D eigenvalue weighted by Crippen LogP contribution is 2.40. The fraction of sp³-hybridized carbons (Fsp3) is 0.682. The zero-order valence-electron chi connectivity index (χ0n) is 16.9. The Bertz CT molecular complexity index is 568. The van der Waals surface area contributed by atoms with Crippen molar-refractivity contribution in [3.05, 3.63) is 17.2 Å². The van der Waals surface area contributed by atoms with Crippen LogP contribution in [0.5, 0.6) is 17.2 Å². The van der Waals surface area contributed by atoms with E-state index in [-0.39, 0.29) is 11.3 Å². The summed E-state index contributed by atoms with van der Waals surface area (Å²) in [5.74, 6) is -2.09. The third-order valence-electron chi connectivity index (χ3n) is 4.82. The summed E-state index contributed by atoms with van der Waals surface area (Å²) in [6.07, 6.45) is 12.8. The van der Waals surface area contributed by atoms with Crippen LogP contribution in [0.3, 0.4) is 0 Å². The SMILES string of the molecule is CCCCCCCCCOc1c(CCCCCC)cc(O)c(O)c1C(=O)O. The average Bonchev–Trinajstić information content (AvgIpc) is 2.64. The molecular weight excluding hydrogens is 344 g/mol. The molecule has 0 unspecified atom stereocenters. The molecule has 0 aliphatic heterocycles. The number of rotatable bonds is 15. The van der Waals surface area contributed by atoms with Gasteiger partial charge in [0.15, 0.2) is 11.5 Å². The maximum atomic E-state index is 11.6. The molecule has 0 fully saturated rings. The molecule has 5 heteroatoms. The standard InChI is InChI=1S/C22H36O5/c1-3-5-7-9-10-11-13-15-27-21-17(14-12-8-6-4-2)16-18(23)20(24)19(21)22(25)26/h16,23-24H,3-15H2,1-2H3,(H,25,26). The maximum Gasteiger partial charge on any atom is 0.343 e. The molecule has 0 aliphatic rings. The van der Waals surface area contributed by atoms with Crippen LogP contribution < -0.4 is 4.74 Å². The van der Waals surface area contributed by atoms with Crippen LogP contribution in [0.4, 0.5) is 0 Å². The van der Waals surface area contributed by atoms with Crippen LogP contribution >= 0.6 is 0 Å². The van der Waals surface area contributed by atoms with Crippen molar-refractivity contribution in [2.24, 2.45) is 0 Å². The second kappa shape index (κ2) is 13.3. The number of carboxylic acid groups (broad SMARTS) is 1. The summed E-state index contributed by atoms with van der Waals surface area (Å²) in [6, 6.07) is 1.44. The Balaban J connectivity index is 2.72. The van der Waals surface area contributed by atoms with E-state index >= 15 is 0 Å². The Morgan fingerprint density at radius 3 is 2.04 bits per heavy atom. The van der Waals surface area contributed by atoms with Gasteiger partial charge in [-0.2, -0.15) is 0 Å². The van der Waals surface area contributed by atoms with Crippen molar-refractivity contribution in [2.75, 3.05) is 6.61 Å². The molecule has 1 rings (SSSR count). The molecule has 0 saturated carbocycles. The second-order valence-electron chi connectivity index (χ2n) is 7.19. The quantitative estimate of drug-likeness (QED) is 0.255. The number of benzene rings is 1. The van der Waals surface area contributed by atoms with Crippen LogP contribution in [0.2, 0.25) is 0 Å². The van der Waals surface area contributed by atoms with Gasteiger partial charge in [0.25, 0.3) is 0 Å². The summed E-state index contributed by atoms with van der Waals surface area (Å²) in [5.41, 5.74) is 0.324. The molecule has 27 heavy (non-hydrogen) atoms. The van der Waals surface area contributed by atoms with Gasteiger partial charge in [0.1, 0.15) is 11.3 Å². The Morgan fingerprint density at radius 1 is 0.889 bits per heavy atom. The van der Waals surface area contributed by atoms with Gasteiger partial charge in [-0.25, -0.2) is 4.79 Å². The number of carbonyl (C=O) groups is 1. The summed E-state index contributed by atoms with van der Waals surface area (Å²) < 4.78 is 5.80. The molecule has 1 aromatic rings. The molecule has 0 heterocycles. The van der Waals surface area contributed by atoms with Gasteiger partial charge in [-0.1, -0.05) is 71.6 Å². The van der Waals surface area contributed by atoms with Crippen molar-refractivity contribution in [1.29, 1.82) is 0 Å². The van der Waals surface area contributed by atoms with Crippen LogP contribution in [0.15, 0.2) is 6.07 Å². The molecule has 5 nitrogen and oxygen atoms in total. The molecule has 3 N–H and O–H groups in total. The second-order valence-corrected chi connectivity index (χ2v) is 7.19. The molecule has 154 valence electrons. The topological polar surface area (TPSA) is 87.0 Å². The summed E-state index contributed by atoms with van der Waals surface area (Å²) in [5, 5.41) is 29.4. The van der Waals surface area contributed by atoms with Crippen LogP contribution in [-0.2, 0) is 6.42 Å². The Kier molecular flexibility index (Phi) is 11.4. The van der Waals surface area contributed by atoms with Gasteiger partial charge in [-0.05, 0) is 30.9 Å². The molecule has 0 atom stereocenters. The van der Waals surface area contributed by atoms with Crippen molar-refractivity contribution in [1.82, 2.24) is 0 Å². The third kappa shape index (κ3) is 8.10. The highest BCUT2D eigenvalue weighted by atomic mass is 16.5. The first-order chi connectivity index (χ1) is 13.0. The molecule has 0 spiro atoms. The lowest BCUT2D eigenvalue weighted by Crippen LogP contribution is -2.08. The normalized spacial score (nSPS) is 10.9. The number of hydrogen-bond donors (Lipinski definition) is 3. The van der Waals surface area contributed by atoms with Gasteiger partial charge >= 0.3 is 5.97 Å². The van der Waals surface area contributed by atoms with E-state index in [2.05, 4.69) is 13.8 Å². The van der Waals surface area contributed by atoms with E-state index < -0.39 is 17.5 Å². The number of hydrogen-bond acceptors (Lipinski definition) is 4. The van der Waals surface area contributed by atoms with Gasteiger partial charge in [0, 0.05) is 0 Å². The van der Waals surface area contributed by atoms with E-state index in [9.17, 15) is 20.1 Å². The maximum absolute atomic E-state index is 11.6. The minimum atomic E-state index is -1.28. The van der Waals surface area contributed by atoms with E-state index in [0.717, 1.165) is 44.9 Å². The minimum absolute atomic E-state index is 0.209. The van der Waals surface area contributed by atoms with Gasteiger partial charge < -0.3 is 20.1 Å². The molecule has 0 aliphatic carbocycles. The number of aryl methyl sites for hydroxylation is 1. The van der Waals surface area contributed by atoms with Crippen molar-refractivity contribution in [3.8, 4) is 17.2 Å². The van der Waals surface area contributed by atoms with Crippen molar-refractivity contribution in [2.45, 2.75) is 90.9 Å². The van der Waals surface area contributed by atoms with Crippen LogP contribution in [0.25, 0.3) is 0 Å². The highest BCUT2D eigenvalue weighted by Gasteiger charge is 2.24. The lowest BCUT2D eigenvalue weighted by atomic mass is 10.0. The van der Waals surface area contributed by atoms with Crippen molar-refractivity contribution < 1.29 is 24.9 Å². The summed E-state index contributed by atoms with van der Waals surface area (Å²) in [7, 11) is 0. The number of phenolic OH excluding ortho intramolecular Hbond substituents is 1. The molecule has 0 amide bonds. The molecule has 0 bridgehead atoms. The number of carboxylic acids is 1. The number of aromatic carboxylic acids is 1. The Labute approximate surface area is 163 Å². The lowest BCUT2D eigenvalue weighted by molar-refractivity contribution is 0.0687. The third-order valence-corrected chi connectivity index (χ3v) is 4.82. The van der Waals surface area contributed by atoms with Gasteiger partial charge in [-0.15, -0.1) is 0 Å². The fourth-order valence-electron chi connectivity index (χ4n) is 3.22. The average molecular weight is 381 g/mol. The Hall–Kier alpha value is -1.91. The van der Waals surface area contributed by atoms with Crippen molar-refractivity contribution in [3.63, 3.8) is 0 Å². The van der Waals surface area contributed by atoms with E-state index in [0.29, 0.717) is 18.6 Å². The first kappa shape index (κ1) is 23.1. The van der Waals surface area contributed by atoms with E-state index in [4.69, 9.17) is 4.74 Å². The largest absolute Gasteiger partial charge is 0.504 e.